The predicted molar refractivity (Wildman–Crippen MR) is 73.8 cm³/mol. The van der Waals surface area contributed by atoms with Crippen molar-refractivity contribution in [2.24, 2.45) is 0 Å². The van der Waals surface area contributed by atoms with Crippen LogP contribution < -0.4 is 11.2 Å². The Labute approximate surface area is 121 Å². The first-order valence-corrected chi connectivity index (χ1v) is 6.56. The molecule has 2 heterocycles. The van der Waals surface area contributed by atoms with Crippen LogP contribution in [0.15, 0.2) is 15.8 Å². The Morgan fingerprint density at radius 3 is 2.89 bits per heavy atom. The fraction of sp³-hybridized carbons (Fsp3) is 0.455. The van der Waals surface area contributed by atoms with Crippen LogP contribution in [-0.4, -0.2) is 38.6 Å². The number of aliphatic hydroxyl groups is 2. The molecule has 8 heteroatoms. The fourth-order valence-electron chi connectivity index (χ4n) is 1.91. The second kappa shape index (κ2) is 5.87. The highest BCUT2D eigenvalue weighted by Crippen LogP contribution is 2.27. The lowest BCUT2D eigenvalue weighted by Crippen LogP contribution is -2.36. The van der Waals surface area contributed by atoms with Gasteiger partial charge in [-0.3, -0.25) is 14.3 Å². The maximum absolute atomic E-state index is 11.7. The highest BCUT2D eigenvalue weighted by molar-refractivity contribution is 14.1. The molecule has 3 atom stereocenters. The monoisotopic (exact) mass is 378 g/mol. The van der Waals surface area contributed by atoms with Gasteiger partial charge in [-0.05, 0) is 9.85 Å². The van der Waals surface area contributed by atoms with Crippen molar-refractivity contribution in [3.8, 4) is 9.85 Å². The van der Waals surface area contributed by atoms with E-state index in [0.29, 0.717) is 0 Å². The zero-order valence-corrected chi connectivity index (χ0v) is 11.8. The first-order chi connectivity index (χ1) is 9.06. The molecule has 3 N–H and O–H groups in total. The second-order valence-electron chi connectivity index (χ2n) is 4.06. The molecule has 0 bridgehead atoms. The molecule has 0 aromatic carbocycles. The van der Waals surface area contributed by atoms with E-state index in [-0.39, 0.29) is 18.6 Å². The molecule has 1 fully saturated rings. The van der Waals surface area contributed by atoms with Crippen LogP contribution >= 0.6 is 22.6 Å². The van der Waals surface area contributed by atoms with Gasteiger partial charge < -0.3 is 14.9 Å². The number of aromatic nitrogens is 2. The van der Waals surface area contributed by atoms with Gasteiger partial charge in [0.15, 0.2) is 6.23 Å². The SMILES string of the molecule is O=c1[nH]c(=O)n([C@@H]2O[C@H](CO)C[C@H]2O)cc1C#CI. The summed E-state index contributed by atoms with van der Waals surface area (Å²) in [6, 6.07) is 0. The summed E-state index contributed by atoms with van der Waals surface area (Å²) in [7, 11) is 0. The summed E-state index contributed by atoms with van der Waals surface area (Å²) in [4.78, 5) is 25.3. The number of ether oxygens (including phenoxy) is 1. The van der Waals surface area contributed by atoms with Gasteiger partial charge >= 0.3 is 5.69 Å². The highest BCUT2D eigenvalue weighted by Gasteiger charge is 2.35. The van der Waals surface area contributed by atoms with Crippen molar-refractivity contribution >= 4 is 22.6 Å². The maximum Gasteiger partial charge on any atom is 0.330 e. The molecule has 0 saturated carbocycles. The molecule has 19 heavy (non-hydrogen) atoms. The van der Waals surface area contributed by atoms with Gasteiger partial charge in [0.1, 0.15) is 11.7 Å². The Balaban J connectivity index is 2.44. The average Bonchev–Trinajstić information content (AvgIpc) is 2.74. The fourth-order valence-corrected chi connectivity index (χ4v) is 2.20. The number of hydrogen-bond donors (Lipinski definition) is 3. The van der Waals surface area contributed by atoms with Gasteiger partial charge in [-0.25, -0.2) is 4.79 Å². The molecule has 1 aromatic heterocycles. The standard InChI is InChI=1S/C11H11IN2O5/c12-2-1-6-4-14(11(18)13-9(6)17)10-8(16)3-7(5-15)19-10/h4,7-8,10,15-16H,3,5H2,(H,13,17,18)/t7-,8+,10+/m0/s1. The molecule has 0 amide bonds. The Morgan fingerprint density at radius 1 is 1.58 bits per heavy atom. The van der Waals surface area contributed by atoms with Crippen molar-refractivity contribution in [3.63, 3.8) is 0 Å². The van der Waals surface area contributed by atoms with Crippen molar-refractivity contribution in [1.82, 2.24) is 9.55 Å². The van der Waals surface area contributed by atoms with E-state index < -0.39 is 29.7 Å². The van der Waals surface area contributed by atoms with E-state index >= 15 is 0 Å². The molecule has 7 nitrogen and oxygen atoms in total. The Hall–Kier alpha value is -1.15. The smallest absolute Gasteiger partial charge is 0.330 e. The molecule has 1 saturated heterocycles. The van der Waals surface area contributed by atoms with E-state index in [0.717, 1.165) is 4.57 Å². The van der Waals surface area contributed by atoms with Crippen LogP contribution in [0.1, 0.15) is 18.2 Å². The second-order valence-corrected chi connectivity index (χ2v) is 4.60. The van der Waals surface area contributed by atoms with Gasteiger partial charge in [0.2, 0.25) is 0 Å². The number of nitrogens with one attached hydrogen (secondary N) is 1. The van der Waals surface area contributed by atoms with E-state index in [2.05, 4.69) is 14.8 Å². The Morgan fingerprint density at radius 2 is 2.32 bits per heavy atom. The number of aliphatic hydroxyl groups excluding tert-OH is 2. The number of rotatable bonds is 2. The minimum Gasteiger partial charge on any atom is -0.394 e. The lowest BCUT2D eigenvalue weighted by Gasteiger charge is -2.17. The van der Waals surface area contributed by atoms with Crippen molar-refractivity contribution in [3.05, 3.63) is 32.6 Å². The molecule has 0 aliphatic carbocycles. The number of H-pyrrole nitrogens is 1. The highest BCUT2D eigenvalue weighted by atomic mass is 127. The van der Waals surface area contributed by atoms with Crippen molar-refractivity contribution in [2.75, 3.05) is 6.61 Å². The summed E-state index contributed by atoms with van der Waals surface area (Å²) in [5.41, 5.74) is -1.17. The summed E-state index contributed by atoms with van der Waals surface area (Å²) in [5.74, 6) is 2.55. The Bertz CT molecular complexity index is 641. The summed E-state index contributed by atoms with van der Waals surface area (Å²) in [6.07, 6.45) is -0.920. The molecule has 2 rings (SSSR count). The zero-order valence-electron chi connectivity index (χ0n) is 9.67. The third-order valence-corrected chi connectivity index (χ3v) is 3.06. The van der Waals surface area contributed by atoms with Crippen molar-refractivity contribution in [2.45, 2.75) is 24.9 Å². The first kappa shape index (κ1) is 14.3. The van der Waals surface area contributed by atoms with Crippen LogP contribution in [0.2, 0.25) is 0 Å². The van der Waals surface area contributed by atoms with Gasteiger partial charge in [-0.1, -0.05) is 0 Å². The quantitative estimate of drug-likeness (QED) is 0.449. The van der Waals surface area contributed by atoms with Crippen LogP contribution in [0, 0.1) is 9.85 Å². The minimum atomic E-state index is -0.934. The lowest BCUT2D eigenvalue weighted by atomic mass is 10.2. The van der Waals surface area contributed by atoms with Crippen LogP contribution in [0.3, 0.4) is 0 Å². The average molecular weight is 378 g/mol. The molecule has 0 radical (unpaired) electrons. The number of nitrogens with zero attached hydrogens (tertiary/aromatic N) is 1. The normalized spacial score (nSPS) is 25.9. The lowest BCUT2D eigenvalue weighted by molar-refractivity contribution is -0.0531. The predicted octanol–water partition coefficient (Wildman–Crippen LogP) is -1.08. The van der Waals surface area contributed by atoms with Crippen LogP contribution in [0.4, 0.5) is 0 Å². The molecule has 0 spiro atoms. The molecular weight excluding hydrogens is 367 g/mol. The van der Waals surface area contributed by atoms with Crippen LogP contribution in [0.5, 0.6) is 0 Å². The van der Waals surface area contributed by atoms with E-state index in [1.807, 2.05) is 0 Å². The van der Waals surface area contributed by atoms with E-state index in [1.165, 1.54) is 6.20 Å². The van der Waals surface area contributed by atoms with E-state index in [4.69, 9.17) is 9.84 Å². The van der Waals surface area contributed by atoms with Gasteiger partial charge in [0, 0.05) is 35.2 Å². The van der Waals surface area contributed by atoms with Gasteiger partial charge in [0.25, 0.3) is 5.56 Å². The van der Waals surface area contributed by atoms with E-state index in [1.54, 1.807) is 22.6 Å². The zero-order chi connectivity index (χ0) is 14.0. The number of aromatic amines is 1. The van der Waals surface area contributed by atoms with Crippen molar-refractivity contribution < 1.29 is 14.9 Å². The first-order valence-electron chi connectivity index (χ1n) is 5.48. The molecule has 0 unspecified atom stereocenters. The van der Waals surface area contributed by atoms with E-state index in [9.17, 15) is 14.7 Å². The van der Waals surface area contributed by atoms with Gasteiger partial charge in [0.05, 0.1) is 12.7 Å². The van der Waals surface area contributed by atoms with Gasteiger partial charge in [-0.2, -0.15) is 0 Å². The number of hydrogen-bond acceptors (Lipinski definition) is 5. The number of halogens is 1. The van der Waals surface area contributed by atoms with Gasteiger partial charge in [-0.15, -0.1) is 0 Å². The topological polar surface area (TPSA) is 105 Å². The summed E-state index contributed by atoms with van der Waals surface area (Å²) >= 11 is 1.77. The third-order valence-electron chi connectivity index (χ3n) is 2.79. The maximum atomic E-state index is 11.7. The molecule has 1 aliphatic heterocycles. The van der Waals surface area contributed by atoms with Crippen LogP contribution in [-0.2, 0) is 4.74 Å². The summed E-state index contributed by atoms with van der Waals surface area (Å²) in [6.45, 7) is -0.244. The molecule has 1 aliphatic rings. The third kappa shape index (κ3) is 2.89. The Kier molecular flexibility index (Phi) is 4.41. The van der Waals surface area contributed by atoms with Crippen LogP contribution in [0.25, 0.3) is 0 Å². The molecule has 102 valence electrons. The molecule has 1 aromatic rings. The van der Waals surface area contributed by atoms with Crippen molar-refractivity contribution in [1.29, 1.82) is 0 Å². The summed E-state index contributed by atoms with van der Waals surface area (Å²) < 4.78 is 8.97. The summed E-state index contributed by atoms with van der Waals surface area (Å²) in [5, 5.41) is 18.8. The minimum absolute atomic E-state index is 0.109. The molecular formula is C11H11IN2O5. The largest absolute Gasteiger partial charge is 0.394 e.